The number of aromatic nitrogens is 2. The Kier molecular flexibility index (Phi) is 4.65. The molecule has 1 amide bonds. The molecule has 7 heteroatoms. The first kappa shape index (κ1) is 14.0. The van der Waals surface area contributed by atoms with Gasteiger partial charge in [-0.15, -0.1) is 0 Å². The molecule has 0 aliphatic heterocycles. The largest absolute Gasteiger partial charge is 0.494 e. The van der Waals surface area contributed by atoms with Crippen LogP contribution in [0.3, 0.4) is 0 Å². The average molecular weight is 289 g/mol. The first-order chi connectivity index (χ1) is 9.74. The third-order valence-electron chi connectivity index (χ3n) is 2.27. The van der Waals surface area contributed by atoms with E-state index >= 15 is 0 Å². The molecule has 2 N–H and O–H groups in total. The average Bonchev–Trinajstić information content (AvgIpc) is 2.92. The molecule has 0 aromatic carbocycles. The number of carbonyl (C=O) groups is 1. The minimum absolute atomic E-state index is 0.214. The highest BCUT2D eigenvalue weighted by Crippen LogP contribution is 2.21. The van der Waals surface area contributed by atoms with Crippen molar-refractivity contribution in [2.45, 2.75) is 0 Å². The molecule has 0 saturated carbocycles. The van der Waals surface area contributed by atoms with E-state index in [1.54, 1.807) is 6.07 Å². The first-order valence-electron chi connectivity index (χ1n) is 5.59. The fraction of sp³-hybridized carbons (Fsp3) is 0.154. The number of pyridine rings is 1. The van der Waals surface area contributed by atoms with Crippen LogP contribution < -0.4 is 10.1 Å². The van der Waals surface area contributed by atoms with E-state index in [2.05, 4.69) is 27.1 Å². The molecule has 2 aromatic rings. The van der Waals surface area contributed by atoms with E-state index in [4.69, 9.17) is 9.84 Å². The topological polar surface area (TPSA) is 84.3 Å². The Morgan fingerprint density at radius 3 is 3.15 bits per heavy atom. The third kappa shape index (κ3) is 3.32. The van der Waals surface area contributed by atoms with Gasteiger partial charge in [0.15, 0.2) is 5.13 Å². The molecule has 20 heavy (non-hydrogen) atoms. The Morgan fingerprint density at radius 1 is 1.55 bits per heavy atom. The molecule has 0 spiro atoms. The summed E-state index contributed by atoms with van der Waals surface area (Å²) in [7, 11) is 1.47. The van der Waals surface area contributed by atoms with Crippen LogP contribution in [-0.2, 0) is 0 Å². The van der Waals surface area contributed by atoms with Crippen molar-refractivity contribution in [2.75, 3.05) is 19.0 Å². The smallest absolute Gasteiger partial charge is 0.261 e. The van der Waals surface area contributed by atoms with Gasteiger partial charge in [-0.3, -0.25) is 15.1 Å². The minimum Gasteiger partial charge on any atom is -0.494 e. The highest BCUT2D eigenvalue weighted by Gasteiger charge is 2.13. The number of carbonyl (C=O) groups excluding carboxylic acids is 1. The van der Waals surface area contributed by atoms with Gasteiger partial charge < -0.3 is 9.84 Å². The van der Waals surface area contributed by atoms with E-state index in [9.17, 15) is 4.79 Å². The highest BCUT2D eigenvalue weighted by atomic mass is 32.1. The maximum Gasteiger partial charge on any atom is 0.261 e. The summed E-state index contributed by atoms with van der Waals surface area (Å²) in [5, 5.41) is 11.7. The number of rotatable bonds is 3. The fourth-order valence-electron chi connectivity index (χ4n) is 1.41. The number of hydrogen-bond acceptors (Lipinski definition) is 6. The molecular formula is C13H11N3O3S. The lowest BCUT2D eigenvalue weighted by molar-refractivity contribution is 0.102. The molecule has 102 valence electrons. The van der Waals surface area contributed by atoms with Crippen LogP contribution in [0.1, 0.15) is 15.2 Å². The number of anilines is 1. The predicted molar refractivity (Wildman–Crippen MR) is 74.8 cm³/mol. The SMILES string of the molecule is COc1cnccc1C(=O)Nc1ncc(C#CCO)s1. The van der Waals surface area contributed by atoms with Gasteiger partial charge in [0.1, 0.15) is 12.4 Å². The normalized spacial score (nSPS) is 9.50. The second kappa shape index (κ2) is 6.65. The first-order valence-corrected chi connectivity index (χ1v) is 6.41. The van der Waals surface area contributed by atoms with Gasteiger partial charge in [0.05, 0.1) is 29.9 Å². The molecule has 2 heterocycles. The second-order valence-electron chi connectivity index (χ2n) is 3.52. The van der Waals surface area contributed by atoms with E-state index in [0.29, 0.717) is 21.3 Å². The Hall–Kier alpha value is -2.43. The van der Waals surface area contributed by atoms with Crippen LogP contribution in [0.25, 0.3) is 0 Å². The maximum absolute atomic E-state index is 12.1. The monoisotopic (exact) mass is 289 g/mol. The summed E-state index contributed by atoms with van der Waals surface area (Å²) in [6.07, 6.45) is 4.51. The number of methoxy groups -OCH3 is 1. The molecule has 0 radical (unpaired) electrons. The van der Waals surface area contributed by atoms with Crippen molar-refractivity contribution in [1.29, 1.82) is 0 Å². The highest BCUT2D eigenvalue weighted by molar-refractivity contribution is 7.16. The molecule has 0 fully saturated rings. The zero-order valence-corrected chi connectivity index (χ0v) is 11.4. The molecule has 0 aliphatic carbocycles. The minimum atomic E-state index is -0.333. The zero-order valence-electron chi connectivity index (χ0n) is 10.6. The zero-order chi connectivity index (χ0) is 14.4. The number of thiazole rings is 1. The van der Waals surface area contributed by atoms with E-state index in [1.807, 2.05) is 0 Å². The molecule has 6 nitrogen and oxygen atoms in total. The van der Waals surface area contributed by atoms with Crippen molar-refractivity contribution in [3.05, 3.63) is 35.1 Å². The lowest BCUT2D eigenvalue weighted by atomic mass is 10.2. The van der Waals surface area contributed by atoms with E-state index in [1.165, 1.54) is 37.0 Å². The van der Waals surface area contributed by atoms with Gasteiger partial charge >= 0.3 is 0 Å². The van der Waals surface area contributed by atoms with Crippen LogP contribution in [-0.4, -0.2) is 34.7 Å². The lowest BCUT2D eigenvalue weighted by Crippen LogP contribution is -2.13. The number of aliphatic hydroxyl groups excluding tert-OH is 1. The summed E-state index contributed by atoms with van der Waals surface area (Å²) < 4.78 is 5.07. The van der Waals surface area contributed by atoms with Crippen molar-refractivity contribution >= 4 is 22.4 Å². The van der Waals surface area contributed by atoms with Crippen LogP contribution in [0.5, 0.6) is 5.75 Å². The fourth-order valence-corrected chi connectivity index (χ4v) is 2.10. The number of amides is 1. The molecule has 2 aromatic heterocycles. The summed E-state index contributed by atoms with van der Waals surface area (Å²) in [5.41, 5.74) is 0.376. The summed E-state index contributed by atoms with van der Waals surface area (Å²) in [6, 6.07) is 1.56. The summed E-state index contributed by atoms with van der Waals surface area (Å²) in [4.78, 5) is 20.7. The van der Waals surface area contributed by atoms with Crippen LogP contribution in [0, 0.1) is 11.8 Å². The van der Waals surface area contributed by atoms with Crippen LogP contribution >= 0.6 is 11.3 Å². The third-order valence-corrected chi connectivity index (χ3v) is 3.09. The Morgan fingerprint density at radius 2 is 2.40 bits per heavy atom. The van der Waals surface area contributed by atoms with E-state index in [-0.39, 0.29) is 12.5 Å². The molecular weight excluding hydrogens is 278 g/mol. The number of nitrogens with zero attached hydrogens (tertiary/aromatic N) is 2. The van der Waals surface area contributed by atoms with Crippen LogP contribution in [0.2, 0.25) is 0 Å². The standard InChI is InChI=1S/C13H11N3O3S/c1-19-11-8-14-5-4-10(11)12(18)16-13-15-7-9(20-13)3-2-6-17/h4-5,7-8,17H,6H2,1H3,(H,15,16,18). The molecule has 0 saturated heterocycles. The number of aliphatic hydroxyl groups is 1. The van der Waals surface area contributed by atoms with Gasteiger partial charge in [-0.05, 0) is 6.07 Å². The molecule has 0 bridgehead atoms. The molecule has 0 aliphatic rings. The Bertz CT molecular complexity index is 673. The number of ether oxygens (including phenoxy) is 1. The quantitative estimate of drug-likeness (QED) is 0.828. The summed E-state index contributed by atoms with van der Waals surface area (Å²) in [6.45, 7) is -0.214. The molecule has 2 rings (SSSR count). The maximum atomic E-state index is 12.1. The summed E-state index contributed by atoms with van der Waals surface area (Å²) >= 11 is 1.23. The van der Waals surface area contributed by atoms with Gasteiger partial charge in [0.2, 0.25) is 0 Å². The van der Waals surface area contributed by atoms with E-state index in [0.717, 1.165) is 0 Å². The van der Waals surface area contributed by atoms with Gasteiger partial charge in [0.25, 0.3) is 5.91 Å². The molecule has 0 atom stereocenters. The Balaban J connectivity index is 2.13. The van der Waals surface area contributed by atoms with Gasteiger partial charge in [0, 0.05) is 6.20 Å². The van der Waals surface area contributed by atoms with Gasteiger partial charge in [-0.2, -0.15) is 0 Å². The Labute approximate surface area is 119 Å². The van der Waals surface area contributed by atoms with E-state index < -0.39 is 0 Å². The van der Waals surface area contributed by atoms with Crippen LogP contribution in [0.15, 0.2) is 24.7 Å². The van der Waals surface area contributed by atoms with Crippen molar-refractivity contribution in [1.82, 2.24) is 9.97 Å². The van der Waals surface area contributed by atoms with Crippen molar-refractivity contribution in [2.24, 2.45) is 0 Å². The summed E-state index contributed by atoms with van der Waals surface area (Å²) in [5.74, 6) is 5.29. The molecule has 0 unspecified atom stereocenters. The second-order valence-corrected chi connectivity index (χ2v) is 4.55. The van der Waals surface area contributed by atoms with Crippen molar-refractivity contribution < 1.29 is 14.6 Å². The van der Waals surface area contributed by atoms with Crippen molar-refractivity contribution in [3.8, 4) is 17.6 Å². The number of nitrogens with one attached hydrogen (secondary N) is 1. The number of hydrogen-bond donors (Lipinski definition) is 2. The van der Waals surface area contributed by atoms with Gasteiger partial charge in [-0.25, -0.2) is 4.98 Å². The van der Waals surface area contributed by atoms with Gasteiger partial charge in [-0.1, -0.05) is 23.2 Å². The van der Waals surface area contributed by atoms with Crippen molar-refractivity contribution in [3.63, 3.8) is 0 Å². The van der Waals surface area contributed by atoms with Crippen LogP contribution in [0.4, 0.5) is 5.13 Å². The predicted octanol–water partition coefficient (Wildman–Crippen LogP) is 1.14. The lowest BCUT2D eigenvalue weighted by Gasteiger charge is -2.06.